The Morgan fingerprint density at radius 1 is 1.29 bits per heavy atom. The molecule has 144 valence electrons. The first-order valence-corrected chi connectivity index (χ1v) is 11.7. The second-order valence-corrected chi connectivity index (χ2v) is 10.3. The van der Waals surface area contributed by atoms with E-state index >= 15 is 0 Å². The van der Waals surface area contributed by atoms with Crippen molar-refractivity contribution in [3.63, 3.8) is 0 Å². The number of aromatic amines is 1. The van der Waals surface area contributed by atoms with Crippen molar-refractivity contribution in [3.05, 3.63) is 52.3 Å². The van der Waals surface area contributed by atoms with Crippen LogP contribution < -0.4 is 4.31 Å². The number of nitrogens with zero attached hydrogens (tertiary/aromatic N) is 2. The van der Waals surface area contributed by atoms with Gasteiger partial charge in [0.1, 0.15) is 9.22 Å². The molecule has 0 atom stereocenters. The highest BCUT2D eigenvalue weighted by atomic mass is 32.2. The molecule has 0 aliphatic carbocycles. The largest absolute Gasteiger partial charge is 0.351 e. The van der Waals surface area contributed by atoms with Crippen LogP contribution in [0.5, 0.6) is 0 Å². The molecule has 0 saturated carbocycles. The van der Waals surface area contributed by atoms with E-state index in [1.54, 1.807) is 17.5 Å². The third-order valence-electron chi connectivity index (χ3n) is 4.46. The van der Waals surface area contributed by atoms with Crippen LogP contribution in [0.1, 0.15) is 22.2 Å². The zero-order chi connectivity index (χ0) is 19.9. The fourth-order valence-corrected chi connectivity index (χ4v) is 6.41. The van der Waals surface area contributed by atoms with Gasteiger partial charge in [-0.15, -0.1) is 22.7 Å². The third kappa shape index (κ3) is 3.05. The number of H-pyrrole nitrogens is 1. The van der Waals surface area contributed by atoms with Gasteiger partial charge >= 0.3 is 0 Å². The summed E-state index contributed by atoms with van der Waals surface area (Å²) in [6, 6.07) is 9.04. The van der Waals surface area contributed by atoms with E-state index in [9.17, 15) is 13.2 Å². The second kappa shape index (κ2) is 7.16. The lowest BCUT2D eigenvalue weighted by molar-refractivity contribution is 0.112. The Hall–Kier alpha value is -2.49. The monoisotopic (exact) mass is 431 g/mol. The molecule has 0 radical (unpaired) electrons. The van der Waals surface area contributed by atoms with Gasteiger partial charge in [-0.25, -0.2) is 13.4 Å². The van der Waals surface area contributed by atoms with E-state index < -0.39 is 10.0 Å². The van der Waals surface area contributed by atoms with E-state index in [-0.39, 0.29) is 0 Å². The number of thiophene rings is 1. The van der Waals surface area contributed by atoms with Gasteiger partial charge in [0.25, 0.3) is 10.0 Å². The number of thiazole rings is 1. The van der Waals surface area contributed by atoms with Crippen molar-refractivity contribution in [2.24, 2.45) is 0 Å². The first-order chi connectivity index (χ1) is 13.5. The van der Waals surface area contributed by atoms with Crippen molar-refractivity contribution in [1.29, 1.82) is 0 Å². The van der Waals surface area contributed by atoms with Crippen LogP contribution in [-0.4, -0.2) is 31.2 Å². The van der Waals surface area contributed by atoms with Crippen LogP contribution in [0.15, 0.2) is 46.1 Å². The minimum Gasteiger partial charge on any atom is -0.351 e. The molecule has 9 heteroatoms. The molecule has 0 spiro atoms. The van der Waals surface area contributed by atoms with Gasteiger partial charge in [-0.1, -0.05) is 12.1 Å². The third-order valence-corrected chi connectivity index (χ3v) is 8.67. The molecule has 6 nitrogen and oxygen atoms in total. The van der Waals surface area contributed by atoms with Crippen molar-refractivity contribution in [3.8, 4) is 10.7 Å². The molecule has 0 amide bonds. The van der Waals surface area contributed by atoms with E-state index in [2.05, 4.69) is 9.97 Å². The Balaban J connectivity index is 1.89. The van der Waals surface area contributed by atoms with Gasteiger partial charge in [0.05, 0.1) is 21.8 Å². The van der Waals surface area contributed by atoms with Crippen molar-refractivity contribution < 1.29 is 13.2 Å². The molecular formula is C19H17N3O3S3. The lowest BCUT2D eigenvalue weighted by Gasteiger charge is -2.23. The number of hydrogen-bond donors (Lipinski definition) is 1. The first kappa shape index (κ1) is 18.9. The summed E-state index contributed by atoms with van der Waals surface area (Å²) in [4.78, 5) is 19.1. The van der Waals surface area contributed by atoms with Crippen LogP contribution >= 0.6 is 22.7 Å². The van der Waals surface area contributed by atoms with Gasteiger partial charge in [-0.3, -0.25) is 9.10 Å². The average Bonchev–Trinajstić information content (AvgIpc) is 3.43. The number of sulfonamides is 1. The lowest BCUT2D eigenvalue weighted by atomic mass is 10.1. The topological polar surface area (TPSA) is 83.1 Å². The van der Waals surface area contributed by atoms with E-state index in [4.69, 9.17) is 0 Å². The Kier molecular flexibility index (Phi) is 4.82. The SMILES string of the molecule is CCN(c1ccc(C)c2cc(-c3ncc(C=O)s3)[nH]c12)S(=O)(=O)c1cccs1. The Bertz CT molecular complexity index is 1250. The predicted molar refractivity (Wildman–Crippen MR) is 114 cm³/mol. The number of benzene rings is 1. The summed E-state index contributed by atoms with van der Waals surface area (Å²) in [7, 11) is -3.65. The van der Waals surface area contributed by atoms with E-state index in [1.165, 1.54) is 33.2 Å². The van der Waals surface area contributed by atoms with Gasteiger partial charge in [0.15, 0.2) is 6.29 Å². The van der Waals surface area contributed by atoms with Crippen LogP contribution in [0, 0.1) is 6.92 Å². The maximum Gasteiger partial charge on any atom is 0.273 e. The molecule has 3 aromatic heterocycles. The maximum absolute atomic E-state index is 13.1. The fourth-order valence-electron chi connectivity index (χ4n) is 3.12. The Morgan fingerprint density at radius 2 is 2.11 bits per heavy atom. The van der Waals surface area contributed by atoms with E-state index in [1.807, 2.05) is 32.0 Å². The van der Waals surface area contributed by atoms with Gasteiger partial charge in [-0.05, 0) is 43.0 Å². The molecule has 4 aromatic rings. The zero-order valence-corrected chi connectivity index (χ0v) is 17.6. The molecule has 0 bridgehead atoms. The average molecular weight is 432 g/mol. The number of aryl methyl sites for hydroxylation is 1. The quantitative estimate of drug-likeness (QED) is 0.449. The number of carbonyl (C=O) groups is 1. The summed E-state index contributed by atoms with van der Waals surface area (Å²) in [6.45, 7) is 4.10. The number of hydrogen-bond acceptors (Lipinski definition) is 6. The molecule has 0 aliphatic heterocycles. The summed E-state index contributed by atoms with van der Waals surface area (Å²) >= 11 is 2.49. The number of nitrogens with one attached hydrogen (secondary N) is 1. The van der Waals surface area contributed by atoms with Crippen molar-refractivity contribution in [2.75, 3.05) is 10.8 Å². The number of fused-ring (bicyclic) bond motifs is 1. The van der Waals surface area contributed by atoms with Crippen LogP contribution in [0.3, 0.4) is 0 Å². The minimum absolute atomic E-state index is 0.305. The van der Waals surface area contributed by atoms with Crippen molar-refractivity contribution in [1.82, 2.24) is 9.97 Å². The summed E-state index contributed by atoms with van der Waals surface area (Å²) < 4.78 is 28.0. The highest BCUT2D eigenvalue weighted by Crippen LogP contribution is 2.36. The smallest absolute Gasteiger partial charge is 0.273 e. The summed E-state index contributed by atoms with van der Waals surface area (Å²) in [5.41, 5.74) is 3.11. The van der Waals surface area contributed by atoms with E-state index in [0.717, 1.165) is 28.4 Å². The zero-order valence-electron chi connectivity index (χ0n) is 15.2. The summed E-state index contributed by atoms with van der Waals surface area (Å²) in [5, 5.41) is 3.37. The molecule has 0 aliphatic rings. The number of aromatic nitrogens is 2. The Morgan fingerprint density at radius 3 is 2.75 bits per heavy atom. The van der Waals surface area contributed by atoms with E-state index in [0.29, 0.717) is 26.3 Å². The fraction of sp³-hybridized carbons (Fsp3) is 0.158. The molecular weight excluding hydrogens is 414 g/mol. The number of carbonyl (C=O) groups excluding carboxylic acids is 1. The molecule has 28 heavy (non-hydrogen) atoms. The molecule has 0 saturated heterocycles. The van der Waals surface area contributed by atoms with Crippen LogP contribution in [0.25, 0.3) is 21.6 Å². The number of rotatable bonds is 6. The van der Waals surface area contributed by atoms with Gasteiger partial charge < -0.3 is 4.98 Å². The molecule has 3 heterocycles. The standard InChI is InChI=1S/C19H17N3O3S3/c1-3-22(28(24,25)17-5-4-8-26-17)16-7-6-12(2)14-9-15(21-18(14)16)19-20-10-13(11-23)27-19/h4-11,21H,3H2,1-2H3. The van der Waals surface area contributed by atoms with Gasteiger partial charge in [0.2, 0.25) is 0 Å². The molecule has 0 unspecified atom stereocenters. The van der Waals surface area contributed by atoms with Crippen molar-refractivity contribution in [2.45, 2.75) is 18.1 Å². The van der Waals surface area contributed by atoms with Gasteiger partial charge in [-0.2, -0.15) is 0 Å². The minimum atomic E-state index is -3.65. The van der Waals surface area contributed by atoms with Gasteiger partial charge in [0, 0.05) is 18.1 Å². The number of aldehydes is 1. The molecule has 1 aromatic carbocycles. The lowest BCUT2D eigenvalue weighted by Crippen LogP contribution is -2.30. The maximum atomic E-state index is 13.1. The van der Waals surface area contributed by atoms with Crippen molar-refractivity contribution >= 4 is 55.6 Å². The van der Waals surface area contributed by atoms with Crippen LogP contribution in [-0.2, 0) is 10.0 Å². The molecule has 4 rings (SSSR count). The van der Waals surface area contributed by atoms with Crippen LogP contribution in [0.2, 0.25) is 0 Å². The Labute approximate surface area is 170 Å². The summed E-state index contributed by atoms with van der Waals surface area (Å²) in [6.07, 6.45) is 2.30. The highest BCUT2D eigenvalue weighted by molar-refractivity contribution is 7.94. The number of anilines is 1. The normalized spacial score (nSPS) is 11.8. The molecule has 1 N–H and O–H groups in total. The first-order valence-electron chi connectivity index (χ1n) is 8.55. The second-order valence-electron chi connectivity index (χ2n) is 6.16. The predicted octanol–water partition coefficient (Wildman–Crippen LogP) is 4.69. The van der Waals surface area contributed by atoms with Crippen LogP contribution in [0.4, 0.5) is 5.69 Å². The highest BCUT2D eigenvalue weighted by Gasteiger charge is 2.27. The summed E-state index contributed by atoms with van der Waals surface area (Å²) in [5.74, 6) is 0. The molecule has 0 fully saturated rings.